The average Bonchev–Trinajstić information content (AvgIpc) is 2.02. The fourth-order valence-corrected chi connectivity index (χ4v) is 1.08. The van der Waals surface area contributed by atoms with Crippen molar-refractivity contribution in [3.8, 4) is 0 Å². The molecule has 0 aliphatic carbocycles. The van der Waals surface area contributed by atoms with Gasteiger partial charge in [-0.05, 0) is 25.7 Å². The van der Waals surface area contributed by atoms with Gasteiger partial charge >= 0.3 is 5.97 Å². The summed E-state index contributed by atoms with van der Waals surface area (Å²) in [7, 11) is 0. The zero-order valence-corrected chi connectivity index (χ0v) is 8.42. The summed E-state index contributed by atoms with van der Waals surface area (Å²) < 4.78 is 0. The molecule has 0 spiro atoms. The molecule has 2 heteroatoms. The van der Waals surface area contributed by atoms with Gasteiger partial charge in [0, 0.05) is 6.42 Å². The van der Waals surface area contributed by atoms with Crippen molar-refractivity contribution >= 4 is 5.97 Å². The van der Waals surface area contributed by atoms with Gasteiger partial charge in [-0.1, -0.05) is 31.2 Å². The van der Waals surface area contributed by atoms with Crippen LogP contribution in [0.4, 0.5) is 0 Å². The standard InChI is InChI=1S/C11H18O2/c1-4-9(2)6-5-7-10(3)8-11(12)13/h4,6,10H,1,5,7-8H2,2-3H3,(H,12,13)/b9-6+/t10-/m0/s1. The molecule has 13 heavy (non-hydrogen) atoms. The van der Waals surface area contributed by atoms with Crippen LogP contribution in [0.1, 0.15) is 33.1 Å². The fraction of sp³-hybridized carbons (Fsp3) is 0.545. The molecular weight excluding hydrogens is 164 g/mol. The Morgan fingerprint density at radius 3 is 2.69 bits per heavy atom. The number of carboxylic acid groups (broad SMARTS) is 1. The minimum atomic E-state index is -0.711. The molecule has 0 radical (unpaired) electrons. The van der Waals surface area contributed by atoms with Crippen molar-refractivity contribution in [3.05, 3.63) is 24.3 Å². The highest BCUT2D eigenvalue weighted by Crippen LogP contribution is 2.11. The quantitative estimate of drug-likeness (QED) is 0.641. The summed E-state index contributed by atoms with van der Waals surface area (Å²) >= 11 is 0. The van der Waals surface area contributed by atoms with E-state index in [1.807, 2.05) is 19.9 Å². The Bertz CT molecular complexity index is 204. The topological polar surface area (TPSA) is 37.3 Å². The predicted molar refractivity (Wildman–Crippen MR) is 54.6 cm³/mol. The van der Waals surface area contributed by atoms with Crippen LogP contribution in [-0.2, 0) is 4.79 Å². The van der Waals surface area contributed by atoms with Crippen molar-refractivity contribution in [2.24, 2.45) is 5.92 Å². The van der Waals surface area contributed by atoms with Crippen molar-refractivity contribution in [1.82, 2.24) is 0 Å². The number of rotatable bonds is 6. The van der Waals surface area contributed by atoms with Gasteiger partial charge in [-0.25, -0.2) is 0 Å². The molecule has 0 heterocycles. The molecule has 0 rings (SSSR count). The molecule has 2 nitrogen and oxygen atoms in total. The number of hydrogen-bond donors (Lipinski definition) is 1. The maximum atomic E-state index is 10.3. The molecule has 0 aliphatic rings. The van der Waals surface area contributed by atoms with E-state index in [1.54, 1.807) is 0 Å². The molecule has 74 valence electrons. The Hall–Kier alpha value is -1.05. The highest BCUT2D eigenvalue weighted by atomic mass is 16.4. The lowest BCUT2D eigenvalue weighted by atomic mass is 10.0. The van der Waals surface area contributed by atoms with E-state index in [1.165, 1.54) is 0 Å². The summed E-state index contributed by atoms with van der Waals surface area (Å²) in [5.74, 6) is -0.455. The molecule has 0 bridgehead atoms. The van der Waals surface area contributed by atoms with E-state index in [9.17, 15) is 4.79 Å². The van der Waals surface area contributed by atoms with E-state index in [2.05, 4.69) is 12.7 Å². The van der Waals surface area contributed by atoms with Gasteiger partial charge in [-0.3, -0.25) is 4.79 Å². The molecule has 1 N–H and O–H groups in total. The summed E-state index contributed by atoms with van der Waals surface area (Å²) in [6, 6.07) is 0. The first kappa shape index (κ1) is 11.9. The highest BCUT2D eigenvalue weighted by Gasteiger charge is 2.05. The van der Waals surface area contributed by atoms with Crippen molar-refractivity contribution in [1.29, 1.82) is 0 Å². The first-order valence-corrected chi connectivity index (χ1v) is 4.57. The summed E-state index contributed by atoms with van der Waals surface area (Å²) in [5.41, 5.74) is 1.16. The Kier molecular flexibility index (Phi) is 5.94. The number of aliphatic carboxylic acids is 1. The van der Waals surface area contributed by atoms with Crippen LogP contribution < -0.4 is 0 Å². The Morgan fingerprint density at radius 1 is 1.62 bits per heavy atom. The van der Waals surface area contributed by atoms with E-state index in [-0.39, 0.29) is 12.3 Å². The molecule has 0 aliphatic heterocycles. The number of allylic oxidation sites excluding steroid dienone is 3. The zero-order chi connectivity index (χ0) is 10.3. The molecule has 0 aromatic rings. The number of hydrogen-bond acceptors (Lipinski definition) is 1. The minimum Gasteiger partial charge on any atom is -0.481 e. The van der Waals surface area contributed by atoms with Gasteiger partial charge < -0.3 is 5.11 Å². The number of carbonyl (C=O) groups is 1. The van der Waals surface area contributed by atoms with E-state index < -0.39 is 5.97 Å². The van der Waals surface area contributed by atoms with Crippen molar-refractivity contribution < 1.29 is 9.90 Å². The van der Waals surface area contributed by atoms with Crippen molar-refractivity contribution in [2.45, 2.75) is 33.1 Å². The molecule has 0 saturated heterocycles. The molecule has 0 fully saturated rings. The van der Waals surface area contributed by atoms with Crippen molar-refractivity contribution in [3.63, 3.8) is 0 Å². The molecule has 0 aromatic carbocycles. The molecular formula is C11H18O2. The molecule has 0 amide bonds. The van der Waals surface area contributed by atoms with Crippen LogP contribution >= 0.6 is 0 Å². The lowest BCUT2D eigenvalue weighted by molar-refractivity contribution is -0.138. The van der Waals surface area contributed by atoms with Gasteiger partial charge in [0.15, 0.2) is 0 Å². The molecule has 0 saturated carbocycles. The number of carboxylic acids is 1. The minimum absolute atomic E-state index is 0.256. The average molecular weight is 182 g/mol. The largest absolute Gasteiger partial charge is 0.481 e. The van der Waals surface area contributed by atoms with Crippen LogP contribution in [0, 0.1) is 5.92 Å². The van der Waals surface area contributed by atoms with E-state index >= 15 is 0 Å². The lowest BCUT2D eigenvalue weighted by Gasteiger charge is -2.05. The smallest absolute Gasteiger partial charge is 0.303 e. The fourth-order valence-electron chi connectivity index (χ4n) is 1.08. The van der Waals surface area contributed by atoms with Crippen molar-refractivity contribution in [2.75, 3.05) is 0 Å². The van der Waals surface area contributed by atoms with Gasteiger partial charge in [0.1, 0.15) is 0 Å². The van der Waals surface area contributed by atoms with Crippen LogP contribution in [-0.4, -0.2) is 11.1 Å². The third kappa shape index (κ3) is 7.32. The van der Waals surface area contributed by atoms with E-state index in [4.69, 9.17) is 5.11 Å². The van der Waals surface area contributed by atoms with Gasteiger partial charge in [0.25, 0.3) is 0 Å². The van der Waals surface area contributed by atoms with Crippen LogP contribution in [0.15, 0.2) is 24.3 Å². The SMILES string of the molecule is C=C/C(C)=C/CC[C@H](C)CC(=O)O. The Balaban J connectivity index is 3.64. The third-order valence-electron chi connectivity index (χ3n) is 1.97. The monoisotopic (exact) mass is 182 g/mol. The maximum Gasteiger partial charge on any atom is 0.303 e. The van der Waals surface area contributed by atoms with Gasteiger partial charge in [-0.2, -0.15) is 0 Å². The second-order valence-corrected chi connectivity index (χ2v) is 3.43. The Morgan fingerprint density at radius 2 is 2.23 bits per heavy atom. The van der Waals surface area contributed by atoms with E-state index in [0.29, 0.717) is 0 Å². The van der Waals surface area contributed by atoms with Crippen LogP contribution in [0.5, 0.6) is 0 Å². The highest BCUT2D eigenvalue weighted by molar-refractivity contribution is 5.66. The molecule has 0 unspecified atom stereocenters. The predicted octanol–water partition coefficient (Wildman–Crippen LogP) is 3.01. The first-order chi connectivity index (χ1) is 6.06. The summed E-state index contributed by atoms with van der Waals surface area (Å²) in [6.07, 6.45) is 6.03. The maximum absolute atomic E-state index is 10.3. The first-order valence-electron chi connectivity index (χ1n) is 4.57. The zero-order valence-electron chi connectivity index (χ0n) is 8.42. The molecule has 1 atom stereocenters. The molecule has 0 aromatic heterocycles. The summed E-state index contributed by atoms with van der Waals surface area (Å²) in [4.78, 5) is 10.3. The lowest BCUT2D eigenvalue weighted by Crippen LogP contribution is -2.03. The van der Waals surface area contributed by atoms with Crippen LogP contribution in [0.25, 0.3) is 0 Å². The Labute approximate surface area is 80.0 Å². The summed E-state index contributed by atoms with van der Waals surface area (Å²) in [6.45, 7) is 7.60. The normalized spacial score (nSPS) is 13.8. The van der Waals surface area contributed by atoms with Crippen LogP contribution in [0.2, 0.25) is 0 Å². The third-order valence-corrected chi connectivity index (χ3v) is 1.97. The van der Waals surface area contributed by atoms with Gasteiger partial charge in [0.2, 0.25) is 0 Å². The van der Waals surface area contributed by atoms with E-state index in [0.717, 1.165) is 18.4 Å². The summed E-state index contributed by atoms with van der Waals surface area (Å²) in [5, 5.41) is 8.51. The van der Waals surface area contributed by atoms with Gasteiger partial charge in [0.05, 0.1) is 0 Å². The van der Waals surface area contributed by atoms with Crippen LogP contribution in [0.3, 0.4) is 0 Å². The second-order valence-electron chi connectivity index (χ2n) is 3.43. The second kappa shape index (κ2) is 6.46. The van der Waals surface area contributed by atoms with Gasteiger partial charge in [-0.15, -0.1) is 0 Å².